The number of aromatic nitrogens is 2. The van der Waals surface area contributed by atoms with Crippen LogP contribution in [0.5, 0.6) is 0 Å². The molecule has 1 amide bonds. The summed E-state index contributed by atoms with van der Waals surface area (Å²) in [6, 6.07) is 6.10. The highest BCUT2D eigenvalue weighted by atomic mass is 35.5. The van der Waals surface area contributed by atoms with Gasteiger partial charge in [0.25, 0.3) is 0 Å². The van der Waals surface area contributed by atoms with E-state index >= 15 is 0 Å². The number of anilines is 1. The molecule has 0 aliphatic carbocycles. The molecule has 0 saturated heterocycles. The van der Waals surface area contributed by atoms with Gasteiger partial charge in [0.15, 0.2) is 0 Å². The lowest BCUT2D eigenvalue weighted by Gasteiger charge is -2.02. The van der Waals surface area contributed by atoms with E-state index in [0.717, 1.165) is 23.9 Å². The van der Waals surface area contributed by atoms with Gasteiger partial charge in [-0.15, -0.1) is 11.6 Å². The second kappa shape index (κ2) is 7.88. The third-order valence-electron chi connectivity index (χ3n) is 3.10. The molecule has 0 aliphatic heterocycles. The Kier molecular flexibility index (Phi) is 5.87. The zero-order chi connectivity index (χ0) is 15.1. The van der Waals surface area contributed by atoms with Gasteiger partial charge >= 0.3 is 6.09 Å². The van der Waals surface area contributed by atoms with Gasteiger partial charge in [-0.25, -0.2) is 9.78 Å². The Morgan fingerprint density at radius 1 is 1.43 bits per heavy atom. The number of hydrogen-bond donors (Lipinski definition) is 2. The second-order valence-corrected chi connectivity index (χ2v) is 5.22. The van der Waals surface area contributed by atoms with E-state index in [-0.39, 0.29) is 0 Å². The lowest BCUT2D eigenvalue weighted by Crippen LogP contribution is -2.15. The van der Waals surface area contributed by atoms with Gasteiger partial charge in [0.2, 0.25) is 5.95 Å². The lowest BCUT2D eigenvalue weighted by molar-refractivity contribution is 0.162. The summed E-state index contributed by atoms with van der Waals surface area (Å²) in [5.74, 6) is 0.867. The molecule has 5 nitrogen and oxygen atoms in total. The monoisotopic (exact) mass is 309 g/mol. The summed E-state index contributed by atoms with van der Waals surface area (Å²) in [5, 5.41) is 2.58. The third-order valence-corrected chi connectivity index (χ3v) is 3.36. The van der Waals surface area contributed by atoms with Crippen molar-refractivity contribution in [1.29, 1.82) is 0 Å². The molecule has 0 saturated carbocycles. The maximum Gasteiger partial charge on any atom is 0.413 e. The molecule has 0 radical (unpaired) electrons. The molecule has 2 rings (SSSR count). The quantitative estimate of drug-likeness (QED) is 0.598. The van der Waals surface area contributed by atoms with Crippen molar-refractivity contribution < 1.29 is 9.53 Å². The number of aryl methyl sites for hydroxylation is 1. The van der Waals surface area contributed by atoms with Crippen LogP contribution >= 0.6 is 11.6 Å². The number of imidazole rings is 1. The maximum atomic E-state index is 11.5. The molecule has 6 heteroatoms. The molecule has 0 unspecified atom stereocenters. The summed E-state index contributed by atoms with van der Waals surface area (Å²) in [4.78, 5) is 18.9. The molecule has 21 heavy (non-hydrogen) atoms. The van der Waals surface area contributed by atoms with Gasteiger partial charge in [-0.2, -0.15) is 0 Å². The predicted octanol–water partition coefficient (Wildman–Crippen LogP) is 4.08. The Morgan fingerprint density at radius 3 is 3.05 bits per heavy atom. The highest BCUT2D eigenvalue weighted by Gasteiger charge is 2.08. The molecule has 2 aromatic rings. The summed E-state index contributed by atoms with van der Waals surface area (Å²) in [6.07, 6.45) is 3.50. The minimum absolute atomic E-state index is 0.302. The van der Waals surface area contributed by atoms with Crippen LogP contribution in [-0.4, -0.2) is 28.5 Å². The first kappa shape index (κ1) is 15.6. The number of benzene rings is 1. The fourth-order valence-corrected chi connectivity index (χ4v) is 2.11. The van der Waals surface area contributed by atoms with Gasteiger partial charge in [-0.05, 0) is 37.0 Å². The molecule has 2 N–H and O–H groups in total. The van der Waals surface area contributed by atoms with Crippen LogP contribution in [0.3, 0.4) is 0 Å². The Balaban J connectivity index is 1.99. The normalized spacial score (nSPS) is 10.8. The highest BCUT2D eigenvalue weighted by Crippen LogP contribution is 2.17. The molecule has 1 aromatic heterocycles. The molecule has 0 bridgehead atoms. The van der Waals surface area contributed by atoms with Crippen LogP contribution in [0, 0.1) is 0 Å². The standard InChI is InChI=1S/C15H20ClN3O2/c1-2-3-5-11-6-7-12-13(10-11)18-14(17-12)19-15(20)21-9-4-8-16/h6-7,10H,2-5,8-9H2,1H3,(H2,17,18,19,20). The number of nitrogens with one attached hydrogen (secondary N) is 2. The van der Waals surface area contributed by atoms with Crippen LogP contribution in [0.4, 0.5) is 10.7 Å². The zero-order valence-corrected chi connectivity index (χ0v) is 12.9. The molecule has 114 valence electrons. The molecule has 0 aliphatic rings. The van der Waals surface area contributed by atoms with Crippen molar-refractivity contribution in [2.75, 3.05) is 17.8 Å². The smallest absolute Gasteiger partial charge is 0.413 e. The number of carbonyl (C=O) groups is 1. The van der Waals surface area contributed by atoms with Crippen LogP contribution in [0.25, 0.3) is 11.0 Å². The summed E-state index contributed by atoms with van der Waals surface area (Å²) in [5.41, 5.74) is 3.01. The van der Waals surface area contributed by atoms with Crippen molar-refractivity contribution in [3.05, 3.63) is 23.8 Å². The van der Waals surface area contributed by atoms with Gasteiger partial charge in [-0.1, -0.05) is 19.4 Å². The number of carbonyl (C=O) groups excluding carboxylic acids is 1. The minimum Gasteiger partial charge on any atom is -0.449 e. The van der Waals surface area contributed by atoms with Crippen LogP contribution in [0.1, 0.15) is 31.7 Å². The molecule has 0 spiro atoms. The van der Waals surface area contributed by atoms with E-state index in [1.54, 1.807) is 0 Å². The van der Waals surface area contributed by atoms with Crippen LogP contribution < -0.4 is 5.32 Å². The second-order valence-electron chi connectivity index (χ2n) is 4.84. The number of ether oxygens (including phenoxy) is 1. The average molecular weight is 310 g/mol. The zero-order valence-electron chi connectivity index (χ0n) is 12.1. The summed E-state index contributed by atoms with van der Waals surface area (Å²) in [6.45, 7) is 2.48. The molecule has 1 heterocycles. The van der Waals surface area contributed by atoms with Crippen LogP contribution in [0.2, 0.25) is 0 Å². The van der Waals surface area contributed by atoms with Crippen molar-refractivity contribution >= 4 is 34.7 Å². The number of H-pyrrole nitrogens is 1. The summed E-state index contributed by atoms with van der Waals surface area (Å²) in [7, 11) is 0. The fraction of sp³-hybridized carbons (Fsp3) is 0.467. The Labute approximate surface area is 129 Å². The number of alkyl halides is 1. The van der Waals surface area contributed by atoms with E-state index in [9.17, 15) is 4.79 Å². The van der Waals surface area contributed by atoms with Gasteiger partial charge in [-0.3, -0.25) is 5.32 Å². The van der Waals surface area contributed by atoms with Gasteiger partial charge < -0.3 is 9.72 Å². The molecular weight excluding hydrogens is 290 g/mol. The van der Waals surface area contributed by atoms with E-state index in [1.807, 2.05) is 6.07 Å². The van der Waals surface area contributed by atoms with E-state index in [1.165, 1.54) is 12.0 Å². The number of nitrogens with zero attached hydrogens (tertiary/aromatic N) is 1. The number of hydrogen-bond acceptors (Lipinski definition) is 3. The largest absolute Gasteiger partial charge is 0.449 e. The van der Waals surface area contributed by atoms with Crippen molar-refractivity contribution in [2.45, 2.75) is 32.6 Å². The number of halogens is 1. The van der Waals surface area contributed by atoms with Crippen molar-refractivity contribution in [3.8, 4) is 0 Å². The predicted molar refractivity (Wildman–Crippen MR) is 85.0 cm³/mol. The van der Waals surface area contributed by atoms with Crippen LogP contribution in [0.15, 0.2) is 18.2 Å². The van der Waals surface area contributed by atoms with Crippen molar-refractivity contribution in [3.63, 3.8) is 0 Å². The maximum absolute atomic E-state index is 11.5. The Bertz CT molecular complexity index is 598. The number of amides is 1. The fourth-order valence-electron chi connectivity index (χ4n) is 2.00. The number of aromatic amines is 1. The van der Waals surface area contributed by atoms with Gasteiger partial charge in [0, 0.05) is 5.88 Å². The first-order valence-corrected chi connectivity index (χ1v) is 7.74. The van der Waals surface area contributed by atoms with Crippen molar-refractivity contribution in [2.24, 2.45) is 0 Å². The van der Waals surface area contributed by atoms with Crippen molar-refractivity contribution in [1.82, 2.24) is 9.97 Å². The summed E-state index contributed by atoms with van der Waals surface area (Å²) < 4.78 is 4.96. The third kappa shape index (κ3) is 4.63. The van der Waals surface area contributed by atoms with E-state index < -0.39 is 6.09 Å². The number of rotatable bonds is 7. The van der Waals surface area contributed by atoms with Gasteiger partial charge in [0.1, 0.15) is 0 Å². The first-order chi connectivity index (χ1) is 10.2. The van der Waals surface area contributed by atoms with E-state index in [2.05, 4.69) is 34.3 Å². The molecule has 0 fully saturated rings. The number of fused-ring (bicyclic) bond motifs is 1. The minimum atomic E-state index is -0.523. The molecule has 1 aromatic carbocycles. The highest BCUT2D eigenvalue weighted by molar-refractivity contribution is 6.17. The SMILES string of the molecule is CCCCc1ccc2nc(NC(=O)OCCCCl)[nH]c2c1. The number of unbranched alkanes of at least 4 members (excludes halogenated alkanes) is 1. The van der Waals surface area contributed by atoms with Gasteiger partial charge in [0.05, 0.1) is 17.6 Å². The topological polar surface area (TPSA) is 67.0 Å². The lowest BCUT2D eigenvalue weighted by atomic mass is 10.1. The Morgan fingerprint density at radius 2 is 2.29 bits per heavy atom. The molecular formula is C15H20ClN3O2. The van der Waals surface area contributed by atoms with E-state index in [0.29, 0.717) is 24.9 Å². The Hall–Kier alpha value is -1.75. The molecule has 0 atom stereocenters. The average Bonchev–Trinajstić information content (AvgIpc) is 2.86. The summed E-state index contributed by atoms with van der Waals surface area (Å²) >= 11 is 5.52. The van der Waals surface area contributed by atoms with E-state index in [4.69, 9.17) is 16.3 Å². The first-order valence-electron chi connectivity index (χ1n) is 7.21. The van der Waals surface area contributed by atoms with Crippen LogP contribution in [-0.2, 0) is 11.2 Å².